The summed E-state index contributed by atoms with van der Waals surface area (Å²) in [6, 6.07) is 11.7. The molecule has 30 heavy (non-hydrogen) atoms. The van der Waals surface area contributed by atoms with Gasteiger partial charge < -0.3 is 10.4 Å². The van der Waals surface area contributed by atoms with Crippen LogP contribution in [-0.4, -0.2) is 31.7 Å². The highest BCUT2D eigenvalue weighted by Gasteiger charge is 2.27. The number of rotatable bonds is 5. The predicted molar refractivity (Wildman–Crippen MR) is 110 cm³/mol. The molecule has 1 fully saturated rings. The molecule has 1 saturated carbocycles. The summed E-state index contributed by atoms with van der Waals surface area (Å²) in [7, 11) is 0. The van der Waals surface area contributed by atoms with Crippen molar-refractivity contribution in [3.8, 4) is 16.9 Å². The Balaban J connectivity index is 1.61. The van der Waals surface area contributed by atoms with E-state index in [1.54, 1.807) is 42.6 Å². The van der Waals surface area contributed by atoms with E-state index >= 15 is 0 Å². The van der Waals surface area contributed by atoms with Gasteiger partial charge in [0, 0.05) is 29.6 Å². The number of carboxylic acids is 1. The fraction of sp³-hybridized carbons (Fsp3) is 0.273. The molecule has 7 nitrogen and oxygen atoms in total. The van der Waals surface area contributed by atoms with Crippen LogP contribution in [0.4, 0.5) is 10.3 Å². The number of nitrogens with one attached hydrogen (secondary N) is 1. The lowest BCUT2D eigenvalue weighted by Crippen LogP contribution is -2.31. The first-order valence-electron chi connectivity index (χ1n) is 9.81. The average molecular weight is 408 g/mol. The monoisotopic (exact) mass is 408 g/mol. The molecule has 0 bridgehead atoms. The zero-order valence-corrected chi connectivity index (χ0v) is 16.2. The molecule has 0 radical (unpaired) electrons. The van der Waals surface area contributed by atoms with Gasteiger partial charge in [-0.25, -0.2) is 14.4 Å². The van der Waals surface area contributed by atoms with E-state index < -0.39 is 17.7 Å². The SMILES string of the molecule is O=C(O)[C@H]1CCC[C@@H](Nc2ncc(F)c(-c3cccc(-n4ccccc4=O)c3)n2)C1. The van der Waals surface area contributed by atoms with Crippen molar-refractivity contribution in [1.29, 1.82) is 0 Å². The third-order valence-corrected chi connectivity index (χ3v) is 5.32. The molecule has 154 valence electrons. The second-order valence-corrected chi connectivity index (χ2v) is 7.39. The number of hydrogen-bond acceptors (Lipinski definition) is 5. The minimum Gasteiger partial charge on any atom is -0.481 e. The molecule has 0 spiro atoms. The molecule has 2 N–H and O–H groups in total. The molecule has 2 heterocycles. The van der Waals surface area contributed by atoms with Crippen LogP contribution >= 0.6 is 0 Å². The van der Waals surface area contributed by atoms with E-state index in [1.165, 1.54) is 10.6 Å². The molecule has 2 atom stereocenters. The van der Waals surface area contributed by atoms with Crippen molar-refractivity contribution in [1.82, 2.24) is 14.5 Å². The second-order valence-electron chi connectivity index (χ2n) is 7.39. The molecule has 0 saturated heterocycles. The molecular weight excluding hydrogens is 387 g/mol. The first-order valence-corrected chi connectivity index (χ1v) is 9.81. The van der Waals surface area contributed by atoms with Gasteiger partial charge in [0.25, 0.3) is 5.56 Å². The Morgan fingerprint density at radius 1 is 1.20 bits per heavy atom. The van der Waals surface area contributed by atoms with E-state index in [-0.39, 0.29) is 23.2 Å². The van der Waals surface area contributed by atoms with Gasteiger partial charge in [-0.15, -0.1) is 0 Å². The predicted octanol–water partition coefficient (Wildman–Crippen LogP) is 3.49. The van der Waals surface area contributed by atoms with E-state index in [9.17, 15) is 19.1 Å². The van der Waals surface area contributed by atoms with Crippen molar-refractivity contribution < 1.29 is 14.3 Å². The molecular formula is C22H21FN4O3. The van der Waals surface area contributed by atoms with E-state index in [4.69, 9.17) is 0 Å². The van der Waals surface area contributed by atoms with Crippen molar-refractivity contribution in [2.45, 2.75) is 31.7 Å². The zero-order chi connectivity index (χ0) is 21.1. The van der Waals surface area contributed by atoms with Crippen LogP contribution in [0.2, 0.25) is 0 Å². The van der Waals surface area contributed by atoms with Gasteiger partial charge in [-0.1, -0.05) is 24.6 Å². The fourth-order valence-corrected chi connectivity index (χ4v) is 3.81. The van der Waals surface area contributed by atoms with E-state index in [2.05, 4.69) is 15.3 Å². The number of anilines is 1. The number of nitrogens with zero attached hydrogens (tertiary/aromatic N) is 3. The fourth-order valence-electron chi connectivity index (χ4n) is 3.81. The third kappa shape index (κ3) is 4.22. The van der Waals surface area contributed by atoms with Crippen molar-refractivity contribution in [2.24, 2.45) is 5.92 Å². The van der Waals surface area contributed by atoms with Gasteiger partial charge in [0.05, 0.1) is 12.1 Å². The summed E-state index contributed by atoms with van der Waals surface area (Å²) in [5.41, 5.74) is 1.04. The molecule has 0 aliphatic heterocycles. The summed E-state index contributed by atoms with van der Waals surface area (Å²) in [5.74, 6) is -1.51. The molecule has 0 amide bonds. The van der Waals surface area contributed by atoms with Crippen molar-refractivity contribution in [3.63, 3.8) is 0 Å². The Bertz CT molecular complexity index is 1130. The summed E-state index contributed by atoms with van der Waals surface area (Å²) >= 11 is 0. The number of aliphatic carboxylic acids is 1. The summed E-state index contributed by atoms with van der Waals surface area (Å²) in [5, 5.41) is 12.4. The summed E-state index contributed by atoms with van der Waals surface area (Å²) < 4.78 is 16.0. The molecule has 2 aromatic heterocycles. The first kappa shape index (κ1) is 19.8. The zero-order valence-electron chi connectivity index (χ0n) is 16.2. The number of benzene rings is 1. The average Bonchev–Trinajstić information content (AvgIpc) is 2.76. The summed E-state index contributed by atoms with van der Waals surface area (Å²) in [4.78, 5) is 31.7. The maximum atomic E-state index is 14.5. The molecule has 4 rings (SSSR count). The van der Waals surface area contributed by atoms with Crippen molar-refractivity contribution >= 4 is 11.9 Å². The standard InChI is InChI=1S/C22H21FN4O3/c23-18-13-24-22(25-16-7-3-6-15(11-16)21(29)30)26-20(18)14-5-4-8-17(12-14)27-10-2-1-9-19(27)28/h1-2,4-5,8-10,12-13,15-16H,3,6-7,11H2,(H,29,30)(H,24,25,26)/t15-,16+/m0/s1. The van der Waals surface area contributed by atoms with E-state index in [0.29, 0.717) is 24.1 Å². The Morgan fingerprint density at radius 2 is 2.07 bits per heavy atom. The Morgan fingerprint density at radius 3 is 2.87 bits per heavy atom. The number of pyridine rings is 1. The quantitative estimate of drug-likeness (QED) is 0.671. The lowest BCUT2D eigenvalue weighted by molar-refractivity contribution is -0.142. The lowest BCUT2D eigenvalue weighted by Gasteiger charge is -2.27. The van der Waals surface area contributed by atoms with Gasteiger partial charge in [-0.2, -0.15) is 0 Å². The van der Waals surface area contributed by atoms with Gasteiger partial charge >= 0.3 is 5.97 Å². The normalized spacial score (nSPS) is 18.7. The molecule has 1 aliphatic rings. The van der Waals surface area contributed by atoms with Gasteiger partial charge in [0.2, 0.25) is 5.95 Å². The number of hydrogen-bond donors (Lipinski definition) is 2. The smallest absolute Gasteiger partial charge is 0.306 e. The van der Waals surface area contributed by atoms with Crippen LogP contribution in [0.1, 0.15) is 25.7 Å². The van der Waals surface area contributed by atoms with E-state index in [1.807, 2.05) is 0 Å². The van der Waals surface area contributed by atoms with Crippen molar-refractivity contribution in [3.05, 3.63) is 71.0 Å². The lowest BCUT2D eigenvalue weighted by atomic mass is 9.86. The summed E-state index contributed by atoms with van der Waals surface area (Å²) in [6.45, 7) is 0. The topological polar surface area (TPSA) is 97.1 Å². The highest BCUT2D eigenvalue weighted by molar-refractivity contribution is 5.70. The highest BCUT2D eigenvalue weighted by atomic mass is 19.1. The maximum absolute atomic E-state index is 14.5. The minimum atomic E-state index is -0.796. The first-order chi connectivity index (χ1) is 14.5. The summed E-state index contributed by atoms with van der Waals surface area (Å²) in [6.07, 6.45) is 5.51. The molecule has 1 aromatic carbocycles. The van der Waals surface area contributed by atoms with Crippen molar-refractivity contribution in [2.75, 3.05) is 5.32 Å². The second kappa shape index (κ2) is 8.44. The third-order valence-electron chi connectivity index (χ3n) is 5.32. The van der Waals surface area contributed by atoms with Crippen LogP contribution in [-0.2, 0) is 4.79 Å². The van der Waals surface area contributed by atoms with Crippen LogP contribution in [0, 0.1) is 11.7 Å². The van der Waals surface area contributed by atoms with Gasteiger partial charge in [0.1, 0.15) is 5.69 Å². The van der Waals surface area contributed by atoms with Crippen LogP contribution in [0.3, 0.4) is 0 Å². The molecule has 0 unspecified atom stereocenters. The highest BCUT2D eigenvalue weighted by Crippen LogP contribution is 2.28. The van der Waals surface area contributed by atoms with Gasteiger partial charge in [-0.05, 0) is 37.5 Å². The molecule has 8 heteroatoms. The van der Waals surface area contributed by atoms with Crippen LogP contribution in [0.15, 0.2) is 59.7 Å². The number of aromatic nitrogens is 3. The Kier molecular flexibility index (Phi) is 5.56. The Hall–Kier alpha value is -3.55. The van der Waals surface area contributed by atoms with Gasteiger partial charge in [0.15, 0.2) is 5.82 Å². The van der Waals surface area contributed by atoms with Crippen LogP contribution in [0.5, 0.6) is 0 Å². The largest absolute Gasteiger partial charge is 0.481 e. The van der Waals surface area contributed by atoms with Gasteiger partial charge in [-0.3, -0.25) is 14.2 Å². The number of halogens is 1. The molecule has 3 aromatic rings. The number of carboxylic acid groups (broad SMARTS) is 1. The minimum absolute atomic E-state index is 0.0765. The molecule has 1 aliphatic carbocycles. The Labute approximate surface area is 172 Å². The van der Waals surface area contributed by atoms with Crippen LogP contribution < -0.4 is 10.9 Å². The van der Waals surface area contributed by atoms with Crippen LogP contribution in [0.25, 0.3) is 16.9 Å². The maximum Gasteiger partial charge on any atom is 0.306 e. The number of carbonyl (C=O) groups is 1. The van der Waals surface area contributed by atoms with E-state index in [0.717, 1.165) is 19.0 Å².